The van der Waals surface area contributed by atoms with E-state index in [4.69, 9.17) is 0 Å². The number of ether oxygens (including phenoxy) is 1. The fourth-order valence-corrected chi connectivity index (χ4v) is 1.73. The Kier molecular flexibility index (Phi) is 4.95. The molecule has 1 heterocycles. The highest BCUT2D eigenvalue weighted by Gasteiger charge is 2.20. The molecule has 0 aliphatic rings. The van der Waals surface area contributed by atoms with Crippen molar-refractivity contribution in [2.75, 3.05) is 20.2 Å². The first-order valence-electron chi connectivity index (χ1n) is 5.99. The van der Waals surface area contributed by atoms with Gasteiger partial charge >= 0.3 is 5.97 Å². The normalized spacial score (nSPS) is 10.2. The molecule has 0 radical (unpaired) electrons. The maximum Gasteiger partial charge on any atom is 0.325 e. The molecule has 18 heavy (non-hydrogen) atoms. The number of hydrogen-bond acceptors (Lipinski definition) is 3. The van der Waals surface area contributed by atoms with Crippen molar-refractivity contribution in [3.8, 4) is 0 Å². The van der Waals surface area contributed by atoms with Crippen LogP contribution in [0.2, 0.25) is 0 Å². The molecule has 0 saturated carbocycles. The molecule has 1 aromatic heterocycles. The first-order chi connectivity index (χ1) is 8.51. The van der Waals surface area contributed by atoms with E-state index in [2.05, 4.69) is 4.74 Å². The SMILES string of the molecule is CCCN(CC(=O)OC)C(=O)c1ccc(C)n1C. The van der Waals surface area contributed by atoms with Gasteiger partial charge in [-0.2, -0.15) is 0 Å². The van der Waals surface area contributed by atoms with Crippen molar-refractivity contribution >= 4 is 11.9 Å². The molecular formula is C13H20N2O3. The molecule has 1 amide bonds. The van der Waals surface area contributed by atoms with Crippen LogP contribution in [0.4, 0.5) is 0 Å². The summed E-state index contributed by atoms with van der Waals surface area (Å²) in [6, 6.07) is 3.66. The van der Waals surface area contributed by atoms with Gasteiger partial charge in [-0.3, -0.25) is 9.59 Å². The molecule has 1 rings (SSSR count). The average molecular weight is 252 g/mol. The number of carbonyl (C=O) groups is 2. The molecule has 5 heteroatoms. The Morgan fingerprint density at radius 3 is 2.50 bits per heavy atom. The monoisotopic (exact) mass is 252 g/mol. The third kappa shape index (κ3) is 3.12. The number of hydrogen-bond donors (Lipinski definition) is 0. The molecule has 0 aromatic carbocycles. The van der Waals surface area contributed by atoms with Crippen molar-refractivity contribution in [2.45, 2.75) is 20.3 Å². The predicted molar refractivity (Wildman–Crippen MR) is 68.4 cm³/mol. The van der Waals surface area contributed by atoms with Crippen LogP contribution in [0.1, 0.15) is 29.5 Å². The zero-order chi connectivity index (χ0) is 13.7. The van der Waals surface area contributed by atoms with Gasteiger partial charge in [0, 0.05) is 19.3 Å². The third-order valence-electron chi connectivity index (χ3n) is 2.92. The Hall–Kier alpha value is -1.78. The highest BCUT2D eigenvalue weighted by atomic mass is 16.5. The summed E-state index contributed by atoms with van der Waals surface area (Å²) in [5.41, 5.74) is 1.60. The lowest BCUT2D eigenvalue weighted by atomic mass is 10.3. The molecule has 0 saturated heterocycles. The molecule has 0 bridgehead atoms. The number of esters is 1. The van der Waals surface area contributed by atoms with Gasteiger partial charge in [0.1, 0.15) is 12.2 Å². The standard InChI is InChI=1S/C13H20N2O3/c1-5-8-15(9-12(16)18-4)13(17)11-7-6-10(2)14(11)3/h6-7H,5,8-9H2,1-4H3. The van der Waals surface area contributed by atoms with Gasteiger partial charge in [0.05, 0.1) is 7.11 Å². The Bertz CT molecular complexity index is 437. The Morgan fingerprint density at radius 2 is 2.06 bits per heavy atom. The van der Waals surface area contributed by atoms with E-state index in [9.17, 15) is 9.59 Å². The summed E-state index contributed by atoms with van der Waals surface area (Å²) in [4.78, 5) is 25.1. The van der Waals surface area contributed by atoms with E-state index >= 15 is 0 Å². The number of aryl methyl sites for hydroxylation is 1. The number of aromatic nitrogens is 1. The average Bonchev–Trinajstić information content (AvgIpc) is 2.68. The first kappa shape index (κ1) is 14.3. The van der Waals surface area contributed by atoms with Crippen LogP contribution in [0.15, 0.2) is 12.1 Å². The van der Waals surface area contributed by atoms with E-state index < -0.39 is 5.97 Å². The molecule has 0 atom stereocenters. The topological polar surface area (TPSA) is 51.5 Å². The van der Waals surface area contributed by atoms with Crippen molar-refractivity contribution in [3.63, 3.8) is 0 Å². The van der Waals surface area contributed by atoms with Crippen LogP contribution in [0.5, 0.6) is 0 Å². The zero-order valence-electron chi connectivity index (χ0n) is 11.4. The van der Waals surface area contributed by atoms with Crippen molar-refractivity contribution in [3.05, 3.63) is 23.5 Å². The molecule has 0 spiro atoms. The quantitative estimate of drug-likeness (QED) is 0.743. The van der Waals surface area contributed by atoms with Gasteiger partial charge in [0.15, 0.2) is 0 Å². The summed E-state index contributed by atoms with van der Waals surface area (Å²) >= 11 is 0. The molecule has 1 aromatic rings. The lowest BCUT2D eigenvalue weighted by Crippen LogP contribution is -2.37. The highest BCUT2D eigenvalue weighted by molar-refractivity contribution is 5.94. The largest absolute Gasteiger partial charge is 0.468 e. The van der Waals surface area contributed by atoms with Gasteiger partial charge in [-0.15, -0.1) is 0 Å². The molecule has 0 aliphatic carbocycles. The number of amides is 1. The molecule has 0 N–H and O–H groups in total. The van der Waals surface area contributed by atoms with Gasteiger partial charge in [-0.05, 0) is 25.5 Å². The molecule has 0 aliphatic heterocycles. The highest BCUT2D eigenvalue weighted by Crippen LogP contribution is 2.10. The van der Waals surface area contributed by atoms with Gasteiger partial charge in [0.2, 0.25) is 0 Å². The van der Waals surface area contributed by atoms with Crippen molar-refractivity contribution in [1.82, 2.24) is 9.47 Å². The van der Waals surface area contributed by atoms with Crippen molar-refractivity contribution in [1.29, 1.82) is 0 Å². The lowest BCUT2D eigenvalue weighted by Gasteiger charge is -2.21. The molecule has 0 unspecified atom stereocenters. The Labute approximate surface area is 107 Å². The van der Waals surface area contributed by atoms with E-state index in [1.165, 1.54) is 12.0 Å². The molecular weight excluding hydrogens is 232 g/mol. The van der Waals surface area contributed by atoms with E-state index in [0.717, 1.165) is 12.1 Å². The second-order valence-corrected chi connectivity index (χ2v) is 4.22. The van der Waals surface area contributed by atoms with Crippen LogP contribution in [0.25, 0.3) is 0 Å². The van der Waals surface area contributed by atoms with Crippen LogP contribution in [0, 0.1) is 6.92 Å². The van der Waals surface area contributed by atoms with Crippen LogP contribution in [0.3, 0.4) is 0 Å². The van der Waals surface area contributed by atoms with Crippen molar-refractivity contribution in [2.24, 2.45) is 7.05 Å². The summed E-state index contributed by atoms with van der Waals surface area (Å²) in [6.45, 7) is 4.43. The van der Waals surface area contributed by atoms with Crippen LogP contribution < -0.4 is 0 Å². The summed E-state index contributed by atoms with van der Waals surface area (Å²) in [6.07, 6.45) is 0.798. The minimum atomic E-state index is -0.400. The van der Waals surface area contributed by atoms with Gasteiger partial charge in [-0.1, -0.05) is 6.92 Å². The van der Waals surface area contributed by atoms with Gasteiger partial charge < -0.3 is 14.2 Å². The smallest absolute Gasteiger partial charge is 0.325 e. The summed E-state index contributed by atoms with van der Waals surface area (Å²) in [7, 11) is 3.16. The molecule has 5 nitrogen and oxygen atoms in total. The second kappa shape index (κ2) is 6.23. The fraction of sp³-hybridized carbons (Fsp3) is 0.538. The van der Waals surface area contributed by atoms with Gasteiger partial charge in [0.25, 0.3) is 5.91 Å². The van der Waals surface area contributed by atoms with Crippen LogP contribution in [-0.4, -0.2) is 41.5 Å². The number of methoxy groups -OCH3 is 1. The van der Waals surface area contributed by atoms with E-state index in [0.29, 0.717) is 12.2 Å². The minimum absolute atomic E-state index is 0.00655. The second-order valence-electron chi connectivity index (χ2n) is 4.22. The third-order valence-corrected chi connectivity index (χ3v) is 2.92. The van der Waals surface area contributed by atoms with E-state index in [-0.39, 0.29) is 12.5 Å². The first-order valence-corrected chi connectivity index (χ1v) is 5.99. The summed E-state index contributed by atoms with van der Waals surface area (Å²) in [5, 5.41) is 0. The molecule has 0 fully saturated rings. The lowest BCUT2D eigenvalue weighted by molar-refractivity contribution is -0.141. The number of rotatable bonds is 5. The van der Waals surface area contributed by atoms with Crippen LogP contribution >= 0.6 is 0 Å². The fourth-order valence-electron chi connectivity index (χ4n) is 1.73. The minimum Gasteiger partial charge on any atom is -0.468 e. The predicted octanol–water partition coefficient (Wildman–Crippen LogP) is 1.36. The molecule has 100 valence electrons. The maximum atomic E-state index is 12.3. The maximum absolute atomic E-state index is 12.3. The summed E-state index contributed by atoms with van der Waals surface area (Å²) in [5.74, 6) is -0.541. The van der Waals surface area contributed by atoms with Gasteiger partial charge in [-0.25, -0.2) is 0 Å². The Morgan fingerprint density at radius 1 is 1.39 bits per heavy atom. The zero-order valence-corrected chi connectivity index (χ0v) is 11.4. The number of carbonyl (C=O) groups excluding carboxylic acids is 2. The van der Waals surface area contributed by atoms with E-state index in [1.54, 1.807) is 6.07 Å². The Balaban J connectivity index is 2.88. The summed E-state index contributed by atoms with van der Waals surface area (Å²) < 4.78 is 6.43. The van der Waals surface area contributed by atoms with Crippen LogP contribution in [-0.2, 0) is 16.6 Å². The van der Waals surface area contributed by atoms with Crippen molar-refractivity contribution < 1.29 is 14.3 Å². The number of nitrogens with zero attached hydrogens (tertiary/aromatic N) is 2. The van der Waals surface area contributed by atoms with E-state index in [1.807, 2.05) is 31.5 Å².